The van der Waals surface area contributed by atoms with Crippen LogP contribution in [-0.2, 0) is 11.2 Å². The third-order valence-corrected chi connectivity index (χ3v) is 2.44. The van der Waals surface area contributed by atoms with Gasteiger partial charge in [-0.2, -0.15) is 0 Å². The van der Waals surface area contributed by atoms with E-state index in [-0.39, 0.29) is 5.91 Å². The molecule has 0 aliphatic carbocycles. The number of carbonyl (C=O) groups is 1. The van der Waals surface area contributed by atoms with Crippen molar-refractivity contribution in [1.29, 1.82) is 0 Å². The molecule has 0 aliphatic heterocycles. The first-order valence-electron chi connectivity index (χ1n) is 5.80. The molecular weight excluding hydrogens is 216 g/mol. The number of likely N-dealkylation sites (N-methyl/N-ethyl adjacent to an activating group) is 1. The quantitative estimate of drug-likeness (QED) is 0.693. The molecule has 0 radical (unpaired) electrons. The Balaban J connectivity index is 2.24. The van der Waals surface area contributed by atoms with Crippen molar-refractivity contribution < 1.29 is 9.53 Å². The first-order valence-corrected chi connectivity index (χ1v) is 5.80. The van der Waals surface area contributed by atoms with E-state index in [0.29, 0.717) is 13.1 Å². The number of carbonyl (C=O) groups excluding carboxylic acids is 1. The molecule has 0 atom stereocenters. The second-order valence-electron chi connectivity index (χ2n) is 3.84. The lowest BCUT2D eigenvalue weighted by molar-refractivity contribution is -0.120. The lowest BCUT2D eigenvalue weighted by Gasteiger charge is -2.06. The number of amides is 1. The van der Waals surface area contributed by atoms with E-state index < -0.39 is 0 Å². The molecule has 94 valence electrons. The van der Waals surface area contributed by atoms with Crippen LogP contribution in [0.2, 0.25) is 0 Å². The Hall–Kier alpha value is -1.55. The minimum absolute atomic E-state index is 0.0399. The molecule has 2 N–H and O–H groups in total. The van der Waals surface area contributed by atoms with Gasteiger partial charge < -0.3 is 15.4 Å². The molecule has 0 aromatic heterocycles. The molecule has 0 aliphatic rings. The Bertz CT molecular complexity index is 353. The second kappa shape index (κ2) is 7.68. The average Bonchev–Trinajstić information content (AvgIpc) is 2.35. The van der Waals surface area contributed by atoms with Gasteiger partial charge in [0, 0.05) is 6.54 Å². The summed E-state index contributed by atoms with van der Waals surface area (Å²) >= 11 is 0. The Morgan fingerprint density at radius 1 is 1.41 bits per heavy atom. The zero-order chi connectivity index (χ0) is 12.5. The van der Waals surface area contributed by atoms with E-state index in [1.807, 2.05) is 18.2 Å². The molecule has 0 saturated carbocycles. The van der Waals surface area contributed by atoms with Gasteiger partial charge in [0.2, 0.25) is 5.91 Å². The van der Waals surface area contributed by atoms with E-state index in [1.165, 1.54) is 5.56 Å². The third kappa shape index (κ3) is 5.36. The molecule has 0 bridgehead atoms. The van der Waals surface area contributed by atoms with Crippen LogP contribution in [0.15, 0.2) is 24.3 Å². The molecule has 0 fully saturated rings. The van der Waals surface area contributed by atoms with Crippen LogP contribution in [0.3, 0.4) is 0 Å². The van der Waals surface area contributed by atoms with Crippen LogP contribution in [0, 0.1) is 0 Å². The normalized spacial score (nSPS) is 10.0. The lowest BCUT2D eigenvalue weighted by atomic mass is 10.1. The van der Waals surface area contributed by atoms with Crippen LogP contribution in [0.4, 0.5) is 0 Å². The van der Waals surface area contributed by atoms with Gasteiger partial charge in [0.05, 0.1) is 13.7 Å². The first kappa shape index (κ1) is 13.5. The Morgan fingerprint density at radius 3 is 2.94 bits per heavy atom. The average molecular weight is 236 g/mol. The number of methoxy groups -OCH3 is 1. The van der Waals surface area contributed by atoms with Gasteiger partial charge in [-0.15, -0.1) is 0 Å². The summed E-state index contributed by atoms with van der Waals surface area (Å²) in [6.07, 6.45) is 1.87. The fraction of sp³-hybridized carbons (Fsp3) is 0.462. The molecule has 0 saturated heterocycles. The van der Waals surface area contributed by atoms with Crippen LogP contribution >= 0.6 is 0 Å². The summed E-state index contributed by atoms with van der Waals surface area (Å²) in [6, 6.07) is 8.00. The van der Waals surface area contributed by atoms with Crippen molar-refractivity contribution in [2.75, 3.05) is 27.2 Å². The van der Waals surface area contributed by atoms with Gasteiger partial charge >= 0.3 is 0 Å². The Morgan fingerprint density at radius 2 is 2.24 bits per heavy atom. The van der Waals surface area contributed by atoms with Crippen molar-refractivity contribution in [1.82, 2.24) is 10.6 Å². The van der Waals surface area contributed by atoms with Crippen molar-refractivity contribution in [2.45, 2.75) is 12.8 Å². The molecular formula is C13H20N2O2. The van der Waals surface area contributed by atoms with Crippen LogP contribution < -0.4 is 15.4 Å². The minimum atomic E-state index is 0.0399. The van der Waals surface area contributed by atoms with Gasteiger partial charge in [-0.05, 0) is 37.6 Å². The van der Waals surface area contributed by atoms with Crippen molar-refractivity contribution in [3.8, 4) is 5.75 Å². The van der Waals surface area contributed by atoms with E-state index in [2.05, 4.69) is 16.7 Å². The van der Waals surface area contributed by atoms with Gasteiger partial charge in [-0.25, -0.2) is 0 Å². The molecule has 17 heavy (non-hydrogen) atoms. The van der Waals surface area contributed by atoms with Crippen molar-refractivity contribution in [2.24, 2.45) is 0 Å². The molecule has 1 rings (SSSR count). The lowest BCUT2D eigenvalue weighted by Crippen LogP contribution is -2.32. The predicted octanol–water partition coefficient (Wildman–Crippen LogP) is 0.963. The van der Waals surface area contributed by atoms with Gasteiger partial charge in [0.1, 0.15) is 5.75 Å². The highest BCUT2D eigenvalue weighted by Crippen LogP contribution is 2.13. The zero-order valence-corrected chi connectivity index (χ0v) is 10.5. The van der Waals surface area contributed by atoms with Gasteiger partial charge in [-0.1, -0.05) is 12.1 Å². The third-order valence-electron chi connectivity index (χ3n) is 2.44. The van der Waals surface area contributed by atoms with Crippen LogP contribution in [0.25, 0.3) is 0 Å². The highest BCUT2D eigenvalue weighted by Gasteiger charge is 1.99. The number of rotatable bonds is 7. The van der Waals surface area contributed by atoms with E-state index in [9.17, 15) is 4.79 Å². The van der Waals surface area contributed by atoms with E-state index >= 15 is 0 Å². The standard InChI is InChI=1S/C13H20N2O2/c1-14-10-13(16)15-8-4-6-11-5-3-7-12(9-11)17-2/h3,5,7,9,14H,4,6,8,10H2,1-2H3,(H,15,16). The van der Waals surface area contributed by atoms with Crippen LogP contribution in [0.5, 0.6) is 5.75 Å². The summed E-state index contributed by atoms with van der Waals surface area (Å²) in [5.41, 5.74) is 1.23. The van der Waals surface area contributed by atoms with Crippen LogP contribution in [0.1, 0.15) is 12.0 Å². The molecule has 1 amide bonds. The highest BCUT2D eigenvalue weighted by atomic mass is 16.5. The highest BCUT2D eigenvalue weighted by molar-refractivity contribution is 5.77. The number of nitrogens with one attached hydrogen (secondary N) is 2. The topological polar surface area (TPSA) is 50.4 Å². The molecule has 1 aromatic rings. The second-order valence-corrected chi connectivity index (χ2v) is 3.84. The minimum Gasteiger partial charge on any atom is -0.497 e. The summed E-state index contributed by atoms with van der Waals surface area (Å²) in [6.45, 7) is 1.08. The van der Waals surface area contributed by atoms with Crippen molar-refractivity contribution >= 4 is 5.91 Å². The van der Waals surface area contributed by atoms with Gasteiger partial charge in [0.15, 0.2) is 0 Å². The monoisotopic (exact) mass is 236 g/mol. The summed E-state index contributed by atoms with van der Waals surface area (Å²) in [5, 5.41) is 5.66. The predicted molar refractivity (Wildman–Crippen MR) is 68.3 cm³/mol. The molecule has 0 spiro atoms. The molecule has 4 heteroatoms. The maximum atomic E-state index is 11.2. The molecule has 1 aromatic carbocycles. The first-order chi connectivity index (χ1) is 8.26. The molecule has 4 nitrogen and oxygen atoms in total. The van der Waals surface area contributed by atoms with E-state index in [1.54, 1.807) is 14.2 Å². The van der Waals surface area contributed by atoms with Crippen molar-refractivity contribution in [3.63, 3.8) is 0 Å². The SMILES string of the molecule is CNCC(=O)NCCCc1cccc(OC)c1. The summed E-state index contributed by atoms with van der Waals surface area (Å²) in [5.74, 6) is 0.917. The maximum absolute atomic E-state index is 11.2. The summed E-state index contributed by atoms with van der Waals surface area (Å²) in [7, 11) is 3.42. The smallest absolute Gasteiger partial charge is 0.233 e. The maximum Gasteiger partial charge on any atom is 0.233 e. The number of hydrogen-bond acceptors (Lipinski definition) is 3. The Labute approximate surface area is 102 Å². The largest absolute Gasteiger partial charge is 0.497 e. The van der Waals surface area contributed by atoms with E-state index in [0.717, 1.165) is 18.6 Å². The summed E-state index contributed by atoms with van der Waals surface area (Å²) in [4.78, 5) is 11.2. The van der Waals surface area contributed by atoms with Crippen molar-refractivity contribution in [3.05, 3.63) is 29.8 Å². The molecule has 0 heterocycles. The van der Waals surface area contributed by atoms with Gasteiger partial charge in [-0.3, -0.25) is 4.79 Å². The number of ether oxygens (including phenoxy) is 1. The van der Waals surface area contributed by atoms with Crippen LogP contribution in [-0.4, -0.2) is 33.2 Å². The molecule has 0 unspecified atom stereocenters. The fourth-order valence-corrected chi connectivity index (χ4v) is 1.57. The fourth-order valence-electron chi connectivity index (χ4n) is 1.57. The van der Waals surface area contributed by atoms with Gasteiger partial charge in [0.25, 0.3) is 0 Å². The number of benzene rings is 1. The number of aryl methyl sites for hydroxylation is 1. The van der Waals surface area contributed by atoms with E-state index in [4.69, 9.17) is 4.74 Å². The summed E-state index contributed by atoms with van der Waals surface area (Å²) < 4.78 is 5.15. The Kier molecular flexibility index (Phi) is 6.10. The zero-order valence-electron chi connectivity index (χ0n) is 10.5. The number of hydrogen-bond donors (Lipinski definition) is 2.